The third-order valence-electron chi connectivity index (χ3n) is 5.67. The predicted molar refractivity (Wildman–Crippen MR) is 94.7 cm³/mol. The summed E-state index contributed by atoms with van der Waals surface area (Å²) < 4.78 is 2.03. The van der Waals surface area contributed by atoms with Gasteiger partial charge in [-0.1, -0.05) is 6.07 Å². The number of carboxylic acid groups (broad SMARTS) is 1. The van der Waals surface area contributed by atoms with Crippen LogP contribution in [-0.4, -0.2) is 62.5 Å². The maximum Gasteiger partial charge on any atom is 0.313 e. The molecule has 7 heteroatoms. The molecule has 2 fully saturated rings. The summed E-state index contributed by atoms with van der Waals surface area (Å²) in [5.74, 6) is -0.0192. The molecule has 2 atom stereocenters. The lowest BCUT2D eigenvalue weighted by Gasteiger charge is -2.25. The van der Waals surface area contributed by atoms with E-state index in [9.17, 15) is 14.7 Å². The first-order valence-corrected chi connectivity index (χ1v) is 8.78. The molecule has 1 N–H and O–H groups in total. The van der Waals surface area contributed by atoms with E-state index < -0.39 is 11.4 Å². The van der Waals surface area contributed by atoms with Crippen molar-refractivity contribution in [3.63, 3.8) is 0 Å². The van der Waals surface area contributed by atoms with Gasteiger partial charge >= 0.3 is 5.97 Å². The van der Waals surface area contributed by atoms with Crippen LogP contribution < -0.4 is 0 Å². The lowest BCUT2D eigenvalue weighted by molar-refractivity contribution is -0.149. The van der Waals surface area contributed by atoms with Crippen molar-refractivity contribution in [2.75, 3.05) is 26.2 Å². The zero-order valence-corrected chi connectivity index (χ0v) is 14.7. The molecular weight excluding hydrogens is 332 g/mol. The van der Waals surface area contributed by atoms with Crippen LogP contribution >= 0.6 is 0 Å². The van der Waals surface area contributed by atoms with Crippen molar-refractivity contribution >= 4 is 11.9 Å². The van der Waals surface area contributed by atoms with Gasteiger partial charge in [0.1, 0.15) is 11.2 Å². The largest absolute Gasteiger partial charge is 0.481 e. The number of carboxylic acids is 1. The maximum atomic E-state index is 12.0. The fraction of sp³-hybridized carbons (Fsp3) is 0.421. The van der Waals surface area contributed by atoms with Crippen molar-refractivity contribution in [3.8, 4) is 5.82 Å². The first kappa shape index (κ1) is 16.8. The van der Waals surface area contributed by atoms with Gasteiger partial charge in [-0.15, -0.1) is 0 Å². The first-order valence-electron chi connectivity index (χ1n) is 8.78. The molecule has 2 aliphatic heterocycles. The summed E-state index contributed by atoms with van der Waals surface area (Å²) >= 11 is 0. The van der Waals surface area contributed by atoms with Crippen LogP contribution in [-0.2, 0) is 16.1 Å². The van der Waals surface area contributed by atoms with Crippen molar-refractivity contribution in [1.29, 1.82) is 0 Å². The Morgan fingerprint density at radius 1 is 1.23 bits per heavy atom. The first-order chi connectivity index (χ1) is 12.5. The van der Waals surface area contributed by atoms with Gasteiger partial charge in [0.15, 0.2) is 0 Å². The normalized spacial score (nSPS) is 25.4. The molecule has 4 heterocycles. The minimum absolute atomic E-state index is 0.0258. The third-order valence-corrected chi connectivity index (χ3v) is 5.67. The van der Waals surface area contributed by atoms with Crippen LogP contribution in [0.25, 0.3) is 5.82 Å². The Morgan fingerprint density at radius 2 is 2.08 bits per heavy atom. The van der Waals surface area contributed by atoms with Gasteiger partial charge in [-0.3, -0.25) is 14.5 Å². The average Bonchev–Trinajstić information content (AvgIpc) is 3.28. The van der Waals surface area contributed by atoms with Gasteiger partial charge in [0, 0.05) is 63.7 Å². The molecule has 26 heavy (non-hydrogen) atoms. The number of pyridine rings is 1. The minimum Gasteiger partial charge on any atom is -0.481 e. The highest BCUT2D eigenvalue weighted by molar-refractivity contribution is 5.80. The summed E-state index contributed by atoms with van der Waals surface area (Å²) in [6, 6.07) is 9.79. The van der Waals surface area contributed by atoms with Crippen LogP contribution in [0.1, 0.15) is 12.6 Å². The number of carbonyl (C=O) groups is 2. The van der Waals surface area contributed by atoms with Crippen molar-refractivity contribution < 1.29 is 14.7 Å². The monoisotopic (exact) mass is 354 g/mol. The Morgan fingerprint density at radius 3 is 2.73 bits per heavy atom. The topological polar surface area (TPSA) is 78.7 Å². The second kappa shape index (κ2) is 6.25. The predicted octanol–water partition coefficient (Wildman–Crippen LogP) is 1.24. The van der Waals surface area contributed by atoms with Crippen LogP contribution in [0.5, 0.6) is 0 Å². The van der Waals surface area contributed by atoms with Gasteiger partial charge in [0.2, 0.25) is 5.91 Å². The Bertz CT molecular complexity index is 834. The van der Waals surface area contributed by atoms with Crippen molar-refractivity contribution in [2.45, 2.75) is 13.5 Å². The van der Waals surface area contributed by atoms with Crippen LogP contribution in [0.4, 0.5) is 0 Å². The van der Waals surface area contributed by atoms with E-state index in [0.717, 1.165) is 11.5 Å². The second-order valence-electron chi connectivity index (χ2n) is 7.28. The number of aromatic nitrogens is 2. The summed E-state index contributed by atoms with van der Waals surface area (Å²) in [6.07, 6.45) is 3.73. The maximum absolute atomic E-state index is 12.0. The fourth-order valence-corrected chi connectivity index (χ4v) is 4.33. The Kier molecular flexibility index (Phi) is 4.03. The smallest absolute Gasteiger partial charge is 0.313 e. The van der Waals surface area contributed by atoms with E-state index in [1.54, 1.807) is 11.1 Å². The van der Waals surface area contributed by atoms with E-state index in [0.29, 0.717) is 32.7 Å². The molecule has 0 spiro atoms. The third kappa shape index (κ3) is 2.68. The lowest BCUT2D eigenvalue weighted by Crippen LogP contribution is -2.41. The van der Waals surface area contributed by atoms with Gasteiger partial charge in [-0.05, 0) is 24.3 Å². The molecule has 4 rings (SSSR count). The van der Waals surface area contributed by atoms with Crippen LogP contribution in [0.3, 0.4) is 0 Å². The molecule has 0 bridgehead atoms. The molecule has 0 saturated carbocycles. The highest BCUT2D eigenvalue weighted by Crippen LogP contribution is 2.43. The molecule has 2 aromatic heterocycles. The second-order valence-corrected chi connectivity index (χ2v) is 7.28. The molecular formula is C19H22N4O3. The summed E-state index contributed by atoms with van der Waals surface area (Å²) in [5.41, 5.74) is 0.223. The number of hydrogen-bond donors (Lipinski definition) is 1. The van der Waals surface area contributed by atoms with E-state index in [4.69, 9.17) is 0 Å². The average molecular weight is 354 g/mol. The minimum atomic E-state index is -0.853. The molecule has 0 unspecified atom stereocenters. The molecule has 0 aliphatic carbocycles. The molecule has 7 nitrogen and oxygen atoms in total. The SMILES string of the molecule is CC(=O)N1C[C@H]2CN(Cc3cccn3-c3ccccn3)C[C@@]2(C(=O)O)C1. The van der Waals surface area contributed by atoms with Crippen molar-refractivity contribution in [3.05, 3.63) is 48.4 Å². The highest BCUT2D eigenvalue weighted by Gasteiger charge is 2.58. The number of aliphatic carboxylic acids is 1. The molecule has 2 aliphatic rings. The summed E-state index contributed by atoms with van der Waals surface area (Å²) in [7, 11) is 0. The zero-order chi connectivity index (χ0) is 18.3. The Balaban J connectivity index is 1.54. The summed E-state index contributed by atoms with van der Waals surface area (Å²) in [4.78, 5) is 32.0. The van der Waals surface area contributed by atoms with Gasteiger partial charge in [0.05, 0.1) is 0 Å². The van der Waals surface area contributed by atoms with Gasteiger partial charge in [0.25, 0.3) is 0 Å². The molecule has 0 radical (unpaired) electrons. The number of nitrogens with zero attached hydrogens (tertiary/aromatic N) is 4. The molecule has 136 valence electrons. The summed E-state index contributed by atoms with van der Waals surface area (Å²) in [6.45, 7) is 4.15. The number of fused-ring (bicyclic) bond motifs is 1. The van der Waals surface area contributed by atoms with E-state index in [1.165, 1.54) is 6.92 Å². The molecule has 2 aromatic rings. The van der Waals surface area contributed by atoms with E-state index in [-0.39, 0.29) is 11.8 Å². The van der Waals surface area contributed by atoms with E-state index in [1.807, 2.05) is 41.1 Å². The number of amides is 1. The van der Waals surface area contributed by atoms with Gasteiger partial charge in [-0.2, -0.15) is 0 Å². The summed E-state index contributed by atoms with van der Waals surface area (Å²) in [5, 5.41) is 9.87. The van der Waals surface area contributed by atoms with Gasteiger partial charge in [-0.25, -0.2) is 4.98 Å². The fourth-order valence-electron chi connectivity index (χ4n) is 4.33. The quantitative estimate of drug-likeness (QED) is 0.894. The number of carbonyl (C=O) groups excluding carboxylic acids is 1. The van der Waals surface area contributed by atoms with E-state index in [2.05, 4.69) is 9.88 Å². The van der Waals surface area contributed by atoms with Crippen LogP contribution in [0, 0.1) is 11.3 Å². The number of rotatable bonds is 4. The molecule has 1 amide bonds. The lowest BCUT2D eigenvalue weighted by atomic mass is 9.81. The molecule has 2 saturated heterocycles. The van der Waals surface area contributed by atoms with E-state index >= 15 is 0 Å². The number of likely N-dealkylation sites (tertiary alicyclic amines) is 2. The highest BCUT2D eigenvalue weighted by atomic mass is 16.4. The van der Waals surface area contributed by atoms with Crippen molar-refractivity contribution in [1.82, 2.24) is 19.4 Å². The van der Waals surface area contributed by atoms with Gasteiger partial charge < -0.3 is 14.6 Å². The Hall–Kier alpha value is -2.67. The Labute approximate surface area is 151 Å². The number of hydrogen-bond acceptors (Lipinski definition) is 4. The zero-order valence-electron chi connectivity index (χ0n) is 14.7. The molecule has 0 aromatic carbocycles. The van der Waals surface area contributed by atoms with Crippen LogP contribution in [0.15, 0.2) is 42.7 Å². The van der Waals surface area contributed by atoms with Crippen LogP contribution in [0.2, 0.25) is 0 Å². The van der Waals surface area contributed by atoms with Crippen molar-refractivity contribution in [2.24, 2.45) is 11.3 Å². The standard InChI is InChI=1S/C19H22N4O3/c1-14(24)22-10-15-9-21(12-19(15,13-22)18(25)26)11-16-5-4-8-23(16)17-6-2-3-7-20-17/h2-8,15H,9-13H2,1H3,(H,25,26)/t15-,19-/m1/s1.